The first kappa shape index (κ1) is 39.7. The summed E-state index contributed by atoms with van der Waals surface area (Å²) in [6, 6.07) is 0. The smallest absolute Gasteiger partial charge is 0.220 e. The molecule has 0 aliphatic carbocycles. The van der Waals surface area contributed by atoms with Crippen molar-refractivity contribution in [3.8, 4) is 0 Å². The van der Waals surface area contributed by atoms with Gasteiger partial charge in [-0.15, -0.1) is 0 Å². The number of rotatable bonds is 16. The molecule has 15 atom stereocenters. The number of aliphatic hydroxyl groups is 10. The molecule has 274 valence electrons. The van der Waals surface area contributed by atoms with Crippen LogP contribution in [0.4, 0.5) is 0 Å². The van der Waals surface area contributed by atoms with E-state index in [9.17, 15) is 60.7 Å². The second kappa shape index (κ2) is 18.9. The van der Waals surface area contributed by atoms with Gasteiger partial charge in [0.1, 0.15) is 73.2 Å². The lowest BCUT2D eigenvalue weighted by atomic mass is 9.96. The minimum Gasteiger partial charge on any atom is -0.394 e. The Balaban J connectivity index is 1.65. The van der Waals surface area contributed by atoms with Gasteiger partial charge in [-0.05, 0) is 12.8 Å². The van der Waals surface area contributed by atoms with Crippen LogP contribution in [0.1, 0.15) is 25.7 Å². The Labute approximate surface area is 269 Å². The standard InChI is InChI=1S/C27H48N2O18/c1-28-14(32)4-2-3-5-15(33)29-6-7-42-26-23(41)24(47-27-22(40)20(38)17(35)12(9-31)45-27)18(36)13(46-26)10-43-25-21(39)19(37)16(34)11(8-30)44-25/h11-13,16-27,30-31,34-41H,2-10H2,1H3,(H,28,32)(H,29,33). The monoisotopic (exact) mass is 688 g/mol. The van der Waals surface area contributed by atoms with Crippen molar-refractivity contribution >= 4 is 11.8 Å². The Morgan fingerprint density at radius 3 is 1.70 bits per heavy atom. The Morgan fingerprint density at radius 1 is 0.617 bits per heavy atom. The number of hydrogen-bond acceptors (Lipinski definition) is 18. The van der Waals surface area contributed by atoms with Gasteiger partial charge in [0, 0.05) is 26.4 Å². The molecular formula is C27H48N2O18. The average molecular weight is 689 g/mol. The van der Waals surface area contributed by atoms with Gasteiger partial charge >= 0.3 is 0 Å². The topological polar surface area (TPSA) is 316 Å². The highest BCUT2D eigenvalue weighted by molar-refractivity contribution is 5.76. The molecule has 0 bridgehead atoms. The number of hydrogen-bond donors (Lipinski definition) is 12. The predicted octanol–water partition coefficient (Wildman–Crippen LogP) is -7.13. The number of carbonyl (C=O) groups excluding carboxylic acids is 2. The van der Waals surface area contributed by atoms with Crippen LogP contribution in [-0.2, 0) is 38.0 Å². The molecule has 0 radical (unpaired) electrons. The lowest BCUT2D eigenvalue weighted by Gasteiger charge is -2.46. The van der Waals surface area contributed by atoms with Crippen molar-refractivity contribution in [1.82, 2.24) is 10.6 Å². The lowest BCUT2D eigenvalue weighted by molar-refractivity contribution is -0.366. The fraction of sp³-hybridized carbons (Fsp3) is 0.926. The minimum atomic E-state index is -1.88. The average Bonchev–Trinajstić information content (AvgIpc) is 3.06. The van der Waals surface area contributed by atoms with Gasteiger partial charge < -0.3 is 90.1 Å². The first-order chi connectivity index (χ1) is 22.3. The molecule has 47 heavy (non-hydrogen) atoms. The number of amides is 2. The molecule has 20 heteroatoms. The van der Waals surface area contributed by atoms with Crippen molar-refractivity contribution in [2.24, 2.45) is 0 Å². The third-order valence-corrected chi connectivity index (χ3v) is 8.10. The second-order valence-corrected chi connectivity index (χ2v) is 11.5. The maximum Gasteiger partial charge on any atom is 0.220 e. The number of ether oxygens (including phenoxy) is 6. The van der Waals surface area contributed by atoms with Crippen LogP contribution in [0.15, 0.2) is 0 Å². The molecule has 3 heterocycles. The summed E-state index contributed by atoms with van der Waals surface area (Å²) in [4.78, 5) is 23.4. The normalized spacial score (nSPS) is 41.0. The Morgan fingerprint density at radius 2 is 1.13 bits per heavy atom. The third kappa shape index (κ3) is 10.4. The van der Waals surface area contributed by atoms with Crippen LogP contribution in [0, 0.1) is 0 Å². The number of nitrogens with one attached hydrogen (secondary N) is 2. The van der Waals surface area contributed by atoms with Gasteiger partial charge in [-0.1, -0.05) is 0 Å². The maximum absolute atomic E-state index is 12.1. The Bertz CT molecular complexity index is 963. The summed E-state index contributed by atoms with van der Waals surface area (Å²) in [5, 5.41) is 107. The van der Waals surface area contributed by atoms with E-state index in [0.29, 0.717) is 12.8 Å². The van der Waals surface area contributed by atoms with Crippen molar-refractivity contribution in [2.45, 2.75) is 118 Å². The number of unbranched alkanes of at least 4 members (excludes halogenated alkanes) is 1. The van der Waals surface area contributed by atoms with E-state index in [1.54, 1.807) is 0 Å². The summed E-state index contributed by atoms with van der Waals surface area (Å²) in [6.07, 6.45) is -23.5. The molecule has 0 aromatic carbocycles. The van der Waals surface area contributed by atoms with Crippen LogP contribution in [0.25, 0.3) is 0 Å². The van der Waals surface area contributed by atoms with Crippen molar-refractivity contribution in [3.63, 3.8) is 0 Å². The van der Waals surface area contributed by atoms with Gasteiger partial charge in [0.05, 0.1) is 26.4 Å². The van der Waals surface area contributed by atoms with Gasteiger partial charge in [-0.3, -0.25) is 9.59 Å². The van der Waals surface area contributed by atoms with E-state index in [1.165, 1.54) is 7.05 Å². The second-order valence-electron chi connectivity index (χ2n) is 11.5. The van der Waals surface area contributed by atoms with E-state index in [-0.39, 0.29) is 37.8 Å². The zero-order valence-electron chi connectivity index (χ0n) is 25.8. The summed E-state index contributed by atoms with van der Waals surface area (Å²) in [5.74, 6) is -0.457. The first-order valence-electron chi connectivity index (χ1n) is 15.3. The van der Waals surface area contributed by atoms with Crippen LogP contribution in [0.5, 0.6) is 0 Å². The molecule has 15 unspecified atom stereocenters. The van der Waals surface area contributed by atoms with E-state index in [4.69, 9.17) is 28.4 Å². The van der Waals surface area contributed by atoms with Crippen molar-refractivity contribution in [1.29, 1.82) is 0 Å². The van der Waals surface area contributed by atoms with Gasteiger partial charge in [0.25, 0.3) is 0 Å². The lowest BCUT2D eigenvalue weighted by Crippen LogP contribution is -2.65. The van der Waals surface area contributed by atoms with Crippen LogP contribution in [0.2, 0.25) is 0 Å². The molecule has 0 spiro atoms. The summed E-state index contributed by atoms with van der Waals surface area (Å²) in [6.45, 7) is -2.36. The molecule has 3 fully saturated rings. The fourth-order valence-electron chi connectivity index (χ4n) is 5.22. The largest absolute Gasteiger partial charge is 0.394 e. The van der Waals surface area contributed by atoms with E-state index in [0.717, 1.165) is 0 Å². The molecular weight excluding hydrogens is 640 g/mol. The third-order valence-electron chi connectivity index (χ3n) is 8.10. The molecule has 3 saturated heterocycles. The molecule has 20 nitrogen and oxygen atoms in total. The van der Waals surface area contributed by atoms with Crippen LogP contribution in [-0.4, -0.2) is 195 Å². The highest BCUT2D eigenvalue weighted by Crippen LogP contribution is 2.31. The summed E-state index contributed by atoms with van der Waals surface area (Å²) < 4.78 is 33.0. The molecule has 0 aromatic rings. The van der Waals surface area contributed by atoms with Crippen LogP contribution in [0.3, 0.4) is 0 Å². The van der Waals surface area contributed by atoms with Crippen molar-refractivity contribution in [2.75, 3.05) is 40.0 Å². The molecule has 2 amide bonds. The molecule has 3 aliphatic heterocycles. The first-order valence-corrected chi connectivity index (χ1v) is 15.3. The SMILES string of the molecule is CNC(=O)CCCCC(=O)NCCOC1OC(COC2OC(CO)C(O)C(O)C2O)C(O)C(OC2OC(CO)C(O)C(O)C2O)C1O. The van der Waals surface area contributed by atoms with E-state index < -0.39 is 112 Å². The van der Waals surface area contributed by atoms with E-state index in [2.05, 4.69) is 10.6 Å². The predicted molar refractivity (Wildman–Crippen MR) is 151 cm³/mol. The minimum absolute atomic E-state index is 0.0340. The van der Waals surface area contributed by atoms with Crippen molar-refractivity contribution in [3.05, 3.63) is 0 Å². The number of carbonyl (C=O) groups is 2. The van der Waals surface area contributed by atoms with Gasteiger partial charge in [-0.2, -0.15) is 0 Å². The molecule has 3 aliphatic rings. The highest BCUT2D eigenvalue weighted by atomic mass is 16.7. The van der Waals surface area contributed by atoms with Gasteiger partial charge in [0.2, 0.25) is 11.8 Å². The zero-order valence-corrected chi connectivity index (χ0v) is 25.8. The van der Waals surface area contributed by atoms with Crippen LogP contribution < -0.4 is 10.6 Å². The van der Waals surface area contributed by atoms with Crippen LogP contribution >= 0.6 is 0 Å². The van der Waals surface area contributed by atoms with Crippen molar-refractivity contribution < 1.29 is 89.1 Å². The quantitative estimate of drug-likeness (QED) is 0.0670. The summed E-state index contributed by atoms with van der Waals surface area (Å²) in [5.41, 5.74) is 0. The highest BCUT2D eigenvalue weighted by Gasteiger charge is 2.52. The molecule has 12 N–H and O–H groups in total. The zero-order chi connectivity index (χ0) is 34.8. The summed E-state index contributed by atoms with van der Waals surface area (Å²) >= 11 is 0. The van der Waals surface area contributed by atoms with E-state index in [1.807, 2.05) is 0 Å². The number of aliphatic hydroxyl groups excluding tert-OH is 10. The van der Waals surface area contributed by atoms with Gasteiger partial charge in [-0.25, -0.2) is 0 Å². The Kier molecular flexibility index (Phi) is 16.0. The van der Waals surface area contributed by atoms with Gasteiger partial charge in [0.15, 0.2) is 18.9 Å². The summed E-state index contributed by atoms with van der Waals surface area (Å²) in [7, 11) is 1.52. The van der Waals surface area contributed by atoms with E-state index >= 15 is 0 Å². The molecule has 0 aromatic heterocycles. The molecule has 3 rings (SSSR count). The molecule has 0 saturated carbocycles. The fourth-order valence-corrected chi connectivity index (χ4v) is 5.22. The maximum atomic E-state index is 12.1. The Hall–Kier alpha value is -1.70.